The van der Waals surface area contributed by atoms with Crippen LogP contribution in [0, 0.1) is 0 Å². The molecular weight excluding hydrogens is 366 g/mol. The van der Waals surface area contributed by atoms with E-state index in [4.69, 9.17) is 0 Å². The third kappa shape index (κ3) is 4.70. The molecule has 0 saturated carbocycles. The van der Waals surface area contributed by atoms with Crippen molar-refractivity contribution in [2.24, 2.45) is 0 Å². The smallest absolute Gasteiger partial charge is 0.188 e. The highest BCUT2D eigenvalue weighted by Gasteiger charge is 2.16. The van der Waals surface area contributed by atoms with Gasteiger partial charge in [-0.15, -0.1) is 0 Å². The number of nitrogens with zero attached hydrogens (tertiary/aromatic N) is 5. The number of carbonyl (C=O) groups excluding carboxylic acids is 2. The second kappa shape index (κ2) is 8.43. The Morgan fingerprint density at radius 2 is 1.41 bits per heavy atom. The van der Waals surface area contributed by atoms with E-state index in [2.05, 4.69) is 15.2 Å². The van der Waals surface area contributed by atoms with Crippen LogP contribution in [0.3, 0.4) is 0 Å². The zero-order valence-corrected chi connectivity index (χ0v) is 15.7. The number of hydrogen-bond acceptors (Lipinski definition) is 5. The van der Waals surface area contributed by atoms with E-state index < -0.39 is 0 Å². The molecule has 0 atom stereocenters. The minimum Gasteiger partial charge on any atom is -0.294 e. The first kappa shape index (κ1) is 18.5. The van der Waals surface area contributed by atoms with Gasteiger partial charge in [-0.1, -0.05) is 12.1 Å². The number of rotatable bonds is 8. The lowest BCUT2D eigenvalue weighted by atomic mass is 9.99. The normalized spacial score (nSPS) is 10.8. The predicted molar refractivity (Wildman–Crippen MR) is 107 cm³/mol. The van der Waals surface area contributed by atoms with E-state index in [1.807, 2.05) is 42.7 Å². The van der Waals surface area contributed by atoms with Crippen LogP contribution in [0.15, 0.2) is 79.5 Å². The average molecular weight is 385 g/mol. The molecule has 0 amide bonds. The average Bonchev–Trinajstić information content (AvgIpc) is 3.43. The zero-order valence-electron chi connectivity index (χ0n) is 15.7. The minimum absolute atomic E-state index is 0.219. The van der Waals surface area contributed by atoms with Crippen LogP contribution in [0.25, 0.3) is 0 Å². The Morgan fingerprint density at radius 3 is 1.93 bits per heavy atom. The first-order valence-corrected chi connectivity index (χ1v) is 9.22. The summed E-state index contributed by atoms with van der Waals surface area (Å²) in [6.07, 6.45) is 8.49. The van der Waals surface area contributed by atoms with E-state index in [1.165, 1.54) is 0 Å². The number of benzene rings is 1. The summed E-state index contributed by atoms with van der Waals surface area (Å²) in [6.45, 7) is 1.07. The molecule has 0 fully saturated rings. The number of Topliss-reactive ketones (excluding diaryl/α,β-unsaturated/α-hetero) is 2. The predicted octanol–water partition coefficient (Wildman–Crippen LogP) is 3.03. The first-order chi connectivity index (χ1) is 14.2. The zero-order chi connectivity index (χ0) is 20.1. The van der Waals surface area contributed by atoms with Gasteiger partial charge in [0.25, 0.3) is 0 Å². The molecule has 7 nitrogen and oxygen atoms in total. The molecule has 0 N–H and O–H groups in total. The molecule has 3 aromatic heterocycles. The molecule has 7 heteroatoms. The van der Waals surface area contributed by atoms with Gasteiger partial charge in [0.1, 0.15) is 5.69 Å². The van der Waals surface area contributed by atoms with Gasteiger partial charge in [0.2, 0.25) is 0 Å². The van der Waals surface area contributed by atoms with Crippen molar-refractivity contribution in [1.82, 2.24) is 24.5 Å². The van der Waals surface area contributed by atoms with Gasteiger partial charge in [0.15, 0.2) is 11.6 Å². The Labute approximate surface area is 167 Å². The maximum Gasteiger partial charge on any atom is 0.188 e. The van der Waals surface area contributed by atoms with Crippen LogP contribution in [0.5, 0.6) is 0 Å². The summed E-state index contributed by atoms with van der Waals surface area (Å²) in [5.74, 6) is -0.522. The minimum atomic E-state index is -0.290. The van der Waals surface area contributed by atoms with Crippen LogP contribution in [0.4, 0.5) is 0 Å². The SMILES string of the molecule is O=C(CC(=O)c1ccccn1)c1cc(Cn2cccn2)cc(Cn2cccn2)c1. The summed E-state index contributed by atoms with van der Waals surface area (Å²) in [7, 11) is 0. The molecular formula is C22H19N5O2. The van der Waals surface area contributed by atoms with Crippen molar-refractivity contribution in [3.63, 3.8) is 0 Å². The van der Waals surface area contributed by atoms with E-state index in [0.717, 1.165) is 11.1 Å². The molecule has 0 bridgehead atoms. The van der Waals surface area contributed by atoms with Crippen LogP contribution in [0.2, 0.25) is 0 Å². The van der Waals surface area contributed by atoms with Crippen LogP contribution in [-0.2, 0) is 13.1 Å². The molecule has 0 unspecified atom stereocenters. The van der Waals surface area contributed by atoms with Gasteiger partial charge >= 0.3 is 0 Å². The van der Waals surface area contributed by atoms with E-state index in [1.54, 1.807) is 46.2 Å². The van der Waals surface area contributed by atoms with Crippen molar-refractivity contribution in [1.29, 1.82) is 0 Å². The molecule has 0 aliphatic heterocycles. The fourth-order valence-electron chi connectivity index (χ4n) is 3.13. The largest absolute Gasteiger partial charge is 0.294 e. The van der Waals surface area contributed by atoms with Gasteiger partial charge in [-0.05, 0) is 47.5 Å². The summed E-state index contributed by atoms with van der Waals surface area (Å²) in [5, 5.41) is 8.46. The monoisotopic (exact) mass is 385 g/mol. The number of aromatic nitrogens is 5. The standard InChI is InChI=1S/C22H19N5O2/c28-21(14-22(29)20-5-1-2-6-23-20)19-12-17(15-26-9-3-7-24-26)11-18(13-19)16-27-10-4-8-25-27/h1-13H,14-16H2. The van der Waals surface area contributed by atoms with Crippen molar-refractivity contribution in [2.75, 3.05) is 0 Å². The summed E-state index contributed by atoms with van der Waals surface area (Å²) in [5.41, 5.74) is 2.67. The molecule has 29 heavy (non-hydrogen) atoms. The van der Waals surface area contributed by atoms with E-state index in [-0.39, 0.29) is 18.0 Å². The summed E-state index contributed by atoms with van der Waals surface area (Å²) >= 11 is 0. The molecule has 4 rings (SSSR count). The van der Waals surface area contributed by atoms with Crippen molar-refractivity contribution in [3.8, 4) is 0 Å². The van der Waals surface area contributed by atoms with Crippen molar-refractivity contribution >= 4 is 11.6 Å². The maximum atomic E-state index is 12.8. The maximum absolute atomic E-state index is 12.8. The second-order valence-corrected chi connectivity index (χ2v) is 6.68. The molecule has 0 aliphatic carbocycles. The lowest BCUT2D eigenvalue weighted by Gasteiger charge is -2.10. The van der Waals surface area contributed by atoms with Crippen molar-refractivity contribution < 1.29 is 9.59 Å². The molecule has 3 heterocycles. The Morgan fingerprint density at radius 1 is 0.759 bits per heavy atom. The Hall–Kier alpha value is -3.87. The summed E-state index contributed by atoms with van der Waals surface area (Å²) < 4.78 is 3.58. The fourth-order valence-corrected chi connectivity index (χ4v) is 3.13. The van der Waals surface area contributed by atoms with Crippen LogP contribution >= 0.6 is 0 Å². The quantitative estimate of drug-likeness (QED) is 0.344. The molecule has 0 saturated heterocycles. The van der Waals surface area contributed by atoms with Gasteiger partial charge in [0.05, 0.1) is 19.5 Å². The van der Waals surface area contributed by atoms with E-state index in [0.29, 0.717) is 24.3 Å². The number of hydrogen-bond donors (Lipinski definition) is 0. The molecule has 0 spiro atoms. The Bertz CT molecular complexity index is 1050. The highest BCUT2D eigenvalue weighted by molar-refractivity contribution is 6.12. The van der Waals surface area contributed by atoms with E-state index in [9.17, 15) is 9.59 Å². The van der Waals surface area contributed by atoms with Crippen molar-refractivity contribution in [3.05, 3.63) is 102 Å². The van der Waals surface area contributed by atoms with Gasteiger partial charge in [-0.2, -0.15) is 10.2 Å². The van der Waals surface area contributed by atoms with Crippen molar-refractivity contribution in [2.45, 2.75) is 19.5 Å². The molecule has 1 aromatic carbocycles. The summed E-state index contributed by atoms with van der Waals surface area (Å²) in [6, 6.07) is 14.5. The molecule has 0 aliphatic rings. The fraction of sp³-hybridized carbons (Fsp3) is 0.136. The Kier molecular flexibility index (Phi) is 5.38. The molecule has 4 aromatic rings. The Balaban J connectivity index is 1.60. The third-order valence-corrected chi connectivity index (χ3v) is 4.45. The summed E-state index contributed by atoms with van der Waals surface area (Å²) in [4.78, 5) is 29.3. The lowest BCUT2D eigenvalue weighted by molar-refractivity contribution is 0.0891. The van der Waals surface area contributed by atoms with Gasteiger partial charge in [-0.25, -0.2) is 0 Å². The second-order valence-electron chi connectivity index (χ2n) is 6.68. The topological polar surface area (TPSA) is 82.7 Å². The lowest BCUT2D eigenvalue weighted by Crippen LogP contribution is -2.12. The third-order valence-electron chi connectivity index (χ3n) is 4.45. The van der Waals surface area contributed by atoms with Crippen LogP contribution < -0.4 is 0 Å². The molecule has 144 valence electrons. The van der Waals surface area contributed by atoms with E-state index >= 15 is 0 Å². The van der Waals surface area contributed by atoms with Gasteiger partial charge in [0, 0.05) is 36.5 Å². The molecule has 0 radical (unpaired) electrons. The highest BCUT2D eigenvalue weighted by atomic mass is 16.1. The number of carbonyl (C=O) groups is 2. The van der Waals surface area contributed by atoms with Crippen LogP contribution in [-0.4, -0.2) is 36.1 Å². The first-order valence-electron chi connectivity index (χ1n) is 9.22. The van der Waals surface area contributed by atoms with Gasteiger partial charge < -0.3 is 0 Å². The number of pyridine rings is 1. The highest BCUT2D eigenvalue weighted by Crippen LogP contribution is 2.16. The van der Waals surface area contributed by atoms with Gasteiger partial charge in [-0.3, -0.25) is 23.9 Å². The van der Waals surface area contributed by atoms with Crippen LogP contribution in [0.1, 0.15) is 38.4 Å². The number of ketones is 2.